The summed E-state index contributed by atoms with van der Waals surface area (Å²) in [4.78, 5) is 11.6. The number of pyridine rings is 1. The molecular weight excluding hydrogens is 533 g/mol. The zero-order chi connectivity index (χ0) is 28.7. The maximum absolute atomic E-state index is 15.4. The molecule has 2 aromatic carbocycles. The third kappa shape index (κ3) is 5.94. The molecule has 1 aliphatic rings. The fourth-order valence-corrected chi connectivity index (χ4v) is 6.98. The Labute approximate surface area is 233 Å². The quantitative estimate of drug-likeness (QED) is 0.215. The summed E-state index contributed by atoms with van der Waals surface area (Å²) in [5, 5.41) is 0. The van der Waals surface area contributed by atoms with Gasteiger partial charge in [-0.15, -0.1) is 0 Å². The highest BCUT2D eigenvalue weighted by molar-refractivity contribution is 6.69. The molecule has 4 aromatic rings. The van der Waals surface area contributed by atoms with Crippen LogP contribution in [0.15, 0.2) is 54.7 Å². The van der Waals surface area contributed by atoms with Gasteiger partial charge in [-0.3, -0.25) is 4.98 Å². The zero-order valence-electron chi connectivity index (χ0n) is 23.5. The molecule has 0 unspecified atom stereocenters. The Morgan fingerprint density at radius 2 is 1.77 bits per heavy atom. The van der Waals surface area contributed by atoms with Crippen molar-refractivity contribution >= 4 is 19.4 Å². The highest BCUT2D eigenvalue weighted by atomic mass is 28.4. The Kier molecular flexibility index (Phi) is 7.78. The van der Waals surface area contributed by atoms with Crippen LogP contribution in [0.1, 0.15) is 29.9 Å². The smallest absolute Gasteiger partial charge is 0.387 e. The molecule has 0 radical (unpaired) electrons. The van der Waals surface area contributed by atoms with Gasteiger partial charge in [0.2, 0.25) is 0 Å². The van der Waals surface area contributed by atoms with Crippen LogP contribution in [-0.2, 0) is 16.6 Å². The molecule has 0 spiro atoms. The number of fused-ring (bicyclic) bond motifs is 1. The topological polar surface area (TPSA) is 52.4 Å². The van der Waals surface area contributed by atoms with Crippen molar-refractivity contribution in [1.82, 2.24) is 19.4 Å². The van der Waals surface area contributed by atoms with Crippen molar-refractivity contribution in [3.8, 4) is 16.9 Å². The molecule has 0 atom stereocenters. The number of piperidine rings is 1. The maximum Gasteiger partial charge on any atom is 0.387 e. The van der Waals surface area contributed by atoms with Crippen LogP contribution in [0.25, 0.3) is 22.2 Å². The number of alkyl halides is 2. The fraction of sp³-hybridized carbons (Fsp3) is 0.400. The van der Waals surface area contributed by atoms with Gasteiger partial charge in [0.25, 0.3) is 0 Å². The van der Waals surface area contributed by atoms with Crippen LogP contribution in [0.5, 0.6) is 5.75 Å². The minimum atomic E-state index is -2.93. The highest BCUT2D eigenvalue weighted by Gasteiger charge is 2.41. The van der Waals surface area contributed by atoms with E-state index in [0.717, 1.165) is 31.6 Å². The number of rotatable bonds is 8. The summed E-state index contributed by atoms with van der Waals surface area (Å²) in [6, 6.07) is 13.7. The largest absolute Gasteiger partial charge is 0.434 e. The average molecular weight is 569 g/mol. The summed E-state index contributed by atoms with van der Waals surface area (Å²) in [6.07, 6.45) is 3.43. The molecule has 3 heterocycles. The minimum Gasteiger partial charge on any atom is -0.434 e. The number of likely N-dealkylation sites (tertiary alicyclic amines) is 1. The van der Waals surface area contributed by atoms with Crippen LogP contribution in [0.4, 0.5) is 13.2 Å². The first-order valence-electron chi connectivity index (χ1n) is 13.5. The Hall–Kier alpha value is -3.21. The van der Waals surface area contributed by atoms with E-state index < -0.39 is 26.3 Å². The molecule has 1 fully saturated rings. The van der Waals surface area contributed by atoms with E-state index in [1.165, 1.54) is 12.1 Å². The average Bonchev–Trinajstić information content (AvgIpc) is 3.18. The van der Waals surface area contributed by atoms with Crippen LogP contribution in [-0.4, -0.2) is 54.5 Å². The summed E-state index contributed by atoms with van der Waals surface area (Å²) >= 11 is 0. The second-order valence-corrected chi connectivity index (χ2v) is 15.9. The molecule has 10 heteroatoms. The Balaban J connectivity index is 1.50. The monoisotopic (exact) mass is 568 g/mol. The summed E-state index contributed by atoms with van der Waals surface area (Å²) in [5.41, 5.74) is 3.24. The van der Waals surface area contributed by atoms with Gasteiger partial charge in [0.1, 0.15) is 23.0 Å². The first kappa shape index (κ1) is 28.3. The van der Waals surface area contributed by atoms with E-state index in [2.05, 4.69) is 36.6 Å². The van der Waals surface area contributed by atoms with E-state index in [-0.39, 0.29) is 12.3 Å². The van der Waals surface area contributed by atoms with Crippen molar-refractivity contribution in [2.75, 3.05) is 20.1 Å². The number of hydrogen-bond donors (Lipinski definition) is 0. The van der Waals surface area contributed by atoms with E-state index in [9.17, 15) is 8.78 Å². The lowest BCUT2D eigenvalue weighted by Gasteiger charge is -2.44. The van der Waals surface area contributed by atoms with Gasteiger partial charge in [-0.2, -0.15) is 8.78 Å². The van der Waals surface area contributed by atoms with E-state index in [0.29, 0.717) is 33.5 Å². The van der Waals surface area contributed by atoms with Crippen LogP contribution in [0, 0.1) is 12.7 Å². The predicted molar refractivity (Wildman–Crippen MR) is 153 cm³/mol. The molecule has 0 N–H and O–H groups in total. The number of para-hydroxylation sites is 1. The number of aromatic nitrogens is 3. The summed E-state index contributed by atoms with van der Waals surface area (Å²) < 4.78 is 54.6. The van der Waals surface area contributed by atoms with Gasteiger partial charge >= 0.3 is 6.61 Å². The Morgan fingerprint density at radius 1 is 1.05 bits per heavy atom. The zero-order valence-corrected chi connectivity index (χ0v) is 24.5. The lowest BCUT2D eigenvalue weighted by Crippen LogP contribution is -2.48. The van der Waals surface area contributed by atoms with E-state index in [4.69, 9.17) is 14.1 Å². The van der Waals surface area contributed by atoms with Crippen molar-refractivity contribution in [3.63, 3.8) is 0 Å². The first-order chi connectivity index (χ1) is 18.9. The van der Waals surface area contributed by atoms with E-state index >= 15 is 4.39 Å². The van der Waals surface area contributed by atoms with E-state index in [1.807, 2.05) is 23.6 Å². The van der Waals surface area contributed by atoms with Crippen molar-refractivity contribution in [3.05, 3.63) is 77.6 Å². The highest BCUT2D eigenvalue weighted by Crippen LogP contribution is 2.39. The summed E-state index contributed by atoms with van der Waals surface area (Å²) in [5.74, 6) is 0.337. The lowest BCUT2D eigenvalue weighted by molar-refractivity contribution is -0.0504. The van der Waals surface area contributed by atoms with Crippen LogP contribution >= 0.6 is 0 Å². The van der Waals surface area contributed by atoms with Gasteiger partial charge in [0.05, 0.1) is 23.3 Å². The maximum atomic E-state index is 15.4. The number of aryl methyl sites for hydroxylation is 1. The van der Waals surface area contributed by atoms with Crippen molar-refractivity contribution < 1.29 is 22.3 Å². The molecule has 0 bridgehead atoms. The van der Waals surface area contributed by atoms with Crippen LogP contribution in [0.2, 0.25) is 19.6 Å². The normalized spacial score (nSPS) is 16.1. The van der Waals surface area contributed by atoms with Crippen molar-refractivity contribution in [2.45, 2.75) is 58.2 Å². The van der Waals surface area contributed by atoms with Gasteiger partial charge in [-0.05, 0) is 64.7 Å². The molecule has 2 aromatic heterocycles. The summed E-state index contributed by atoms with van der Waals surface area (Å²) in [6.45, 7) is 7.55. The fourth-order valence-electron chi connectivity index (χ4n) is 5.50. The van der Waals surface area contributed by atoms with E-state index in [1.54, 1.807) is 30.5 Å². The van der Waals surface area contributed by atoms with Crippen LogP contribution in [0.3, 0.4) is 0 Å². The van der Waals surface area contributed by atoms with Gasteiger partial charge in [0.15, 0.2) is 8.32 Å². The predicted octanol–water partition coefficient (Wildman–Crippen LogP) is 6.97. The second kappa shape index (κ2) is 11.0. The number of hydrogen-bond acceptors (Lipinski definition) is 5. The third-order valence-electron chi connectivity index (χ3n) is 7.38. The summed E-state index contributed by atoms with van der Waals surface area (Å²) in [7, 11) is 0.249. The Bertz CT molecular complexity index is 1490. The second-order valence-electron chi connectivity index (χ2n) is 11.5. The number of imidazole rings is 1. The van der Waals surface area contributed by atoms with Gasteiger partial charge < -0.3 is 18.6 Å². The van der Waals surface area contributed by atoms with Gasteiger partial charge in [0, 0.05) is 42.0 Å². The SMILES string of the molecule is Cc1nc2cc(F)c(-c3ccc(C4(O[Si](C)(C)C)CCN(C)CC4)nc3)cc2n1Cc1ccccc1OC(F)F. The molecule has 40 heavy (non-hydrogen) atoms. The molecule has 5 rings (SSSR count). The van der Waals surface area contributed by atoms with Gasteiger partial charge in [-0.25, -0.2) is 9.37 Å². The molecule has 0 saturated carbocycles. The van der Waals surface area contributed by atoms with Gasteiger partial charge in [-0.1, -0.05) is 24.3 Å². The molecular formula is C30H35F3N4O2Si. The number of benzene rings is 2. The van der Waals surface area contributed by atoms with Crippen LogP contribution < -0.4 is 4.74 Å². The standard InChI is InChI=1S/C30H35F3N4O2Si/c1-20-35-25-17-24(31)23(16-26(25)37(20)19-22-8-6-7-9-27(22)38-29(32)33)21-10-11-28(34-18-21)30(39-40(3,4)5)12-14-36(2)15-13-30/h6-11,16-18,29H,12-15,19H2,1-5H3. The minimum absolute atomic E-state index is 0.101. The number of halogens is 3. The molecule has 0 aliphatic carbocycles. The first-order valence-corrected chi connectivity index (χ1v) is 16.9. The number of ether oxygens (including phenoxy) is 1. The van der Waals surface area contributed by atoms with Crippen molar-refractivity contribution in [2.24, 2.45) is 0 Å². The molecule has 6 nitrogen and oxygen atoms in total. The lowest BCUT2D eigenvalue weighted by atomic mass is 9.87. The Morgan fingerprint density at radius 3 is 2.42 bits per heavy atom. The molecule has 0 amide bonds. The molecule has 1 saturated heterocycles. The van der Waals surface area contributed by atoms with Crippen molar-refractivity contribution in [1.29, 1.82) is 0 Å². The molecule has 212 valence electrons. The third-order valence-corrected chi connectivity index (χ3v) is 8.39. The molecule has 1 aliphatic heterocycles. The number of nitrogens with zero attached hydrogens (tertiary/aromatic N) is 4.